The van der Waals surface area contributed by atoms with Crippen LogP contribution < -0.4 is 14.5 Å². The average molecular weight is 400 g/mol. The summed E-state index contributed by atoms with van der Waals surface area (Å²) in [7, 11) is -0.254. The molecular weight excluding hydrogens is 384 g/mol. The number of benzene rings is 1. The van der Waals surface area contributed by atoms with Gasteiger partial charge in [-0.1, -0.05) is 0 Å². The monoisotopic (exact) mass is 400 g/mol. The molecule has 1 amide bonds. The van der Waals surface area contributed by atoms with E-state index in [0.717, 1.165) is 15.6 Å². The molecule has 2 aromatic rings. The van der Waals surface area contributed by atoms with E-state index in [0.29, 0.717) is 0 Å². The minimum atomic E-state index is -4.03. The summed E-state index contributed by atoms with van der Waals surface area (Å²) in [6.07, 6.45) is 0. The molecule has 1 heterocycles. The molecule has 2 rings (SSSR count). The van der Waals surface area contributed by atoms with Crippen LogP contribution in [0.25, 0.3) is 0 Å². The summed E-state index contributed by atoms with van der Waals surface area (Å²) in [6.45, 7) is 0. The smallest absolute Gasteiger partial charge is 0.342 e. The molecule has 1 aromatic heterocycles. The predicted octanol–water partition coefficient (Wildman–Crippen LogP) is 1.49. The molecule has 0 radical (unpaired) electrons. The first kappa shape index (κ1) is 19.7. The van der Waals surface area contributed by atoms with Crippen LogP contribution in [0.1, 0.15) is 20.7 Å². The first-order chi connectivity index (χ1) is 12.3. The van der Waals surface area contributed by atoms with Crippen molar-refractivity contribution in [2.75, 3.05) is 25.6 Å². The van der Waals surface area contributed by atoms with Gasteiger partial charge in [0.1, 0.15) is 5.56 Å². The van der Waals surface area contributed by atoms with Crippen LogP contribution in [0, 0.1) is 0 Å². The zero-order chi connectivity index (χ0) is 19.5. The molecule has 0 saturated heterocycles. The fourth-order valence-corrected chi connectivity index (χ4v) is 4.87. The van der Waals surface area contributed by atoms with E-state index in [2.05, 4.69) is 4.74 Å². The second-order valence-electron chi connectivity index (χ2n) is 4.92. The van der Waals surface area contributed by atoms with E-state index < -0.39 is 21.9 Å². The number of nitrogens with zero attached hydrogens (tertiary/aromatic N) is 1. The molecule has 11 heteroatoms. The van der Waals surface area contributed by atoms with Crippen LogP contribution in [-0.2, 0) is 14.8 Å². The highest BCUT2D eigenvalue weighted by Crippen LogP contribution is 2.37. The van der Waals surface area contributed by atoms with Gasteiger partial charge in [-0.05, 0) is 24.3 Å². The fourth-order valence-electron chi connectivity index (χ4n) is 2.10. The summed E-state index contributed by atoms with van der Waals surface area (Å²) in [5.74, 6) is -1.52. The Morgan fingerprint density at radius 1 is 1.19 bits per heavy atom. The van der Waals surface area contributed by atoms with Gasteiger partial charge in [0.2, 0.25) is 0 Å². The summed E-state index contributed by atoms with van der Waals surface area (Å²) < 4.78 is 36.3. The van der Waals surface area contributed by atoms with Crippen LogP contribution in [0.2, 0.25) is 0 Å². The third-order valence-corrected chi connectivity index (χ3v) is 6.77. The summed E-state index contributed by atoms with van der Waals surface area (Å²) in [5.41, 5.74) is 1.94. The third kappa shape index (κ3) is 3.49. The lowest BCUT2D eigenvalue weighted by Gasteiger charge is -2.19. The van der Waals surface area contributed by atoms with E-state index in [4.69, 9.17) is 9.94 Å². The molecule has 0 unspecified atom stereocenters. The largest absolute Gasteiger partial charge is 0.493 e. The molecule has 140 valence electrons. The molecule has 26 heavy (non-hydrogen) atoms. The van der Waals surface area contributed by atoms with Crippen molar-refractivity contribution in [2.45, 2.75) is 4.21 Å². The normalized spacial score (nSPS) is 10.9. The van der Waals surface area contributed by atoms with Crippen LogP contribution in [0.5, 0.6) is 5.75 Å². The van der Waals surface area contributed by atoms with Gasteiger partial charge in [-0.15, -0.1) is 11.3 Å². The van der Waals surface area contributed by atoms with Crippen LogP contribution in [-0.4, -0.2) is 46.8 Å². The zero-order valence-electron chi connectivity index (χ0n) is 14.0. The lowest BCUT2D eigenvalue weighted by Crippen LogP contribution is -2.26. The number of carbonyl (C=O) groups is 2. The van der Waals surface area contributed by atoms with E-state index in [1.807, 2.05) is 0 Å². The Hall–Kier alpha value is -2.63. The second-order valence-corrected chi connectivity index (χ2v) is 7.97. The Balaban J connectivity index is 2.42. The first-order valence-electron chi connectivity index (χ1n) is 7.05. The van der Waals surface area contributed by atoms with Crippen LogP contribution in [0.3, 0.4) is 0 Å². The van der Waals surface area contributed by atoms with Crippen molar-refractivity contribution in [2.24, 2.45) is 0 Å². The molecule has 1 aromatic carbocycles. The number of carbonyl (C=O) groups excluding carboxylic acids is 2. The number of thiophene rings is 1. The Labute approximate surface area is 153 Å². The minimum absolute atomic E-state index is 0.0157. The number of esters is 1. The van der Waals surface area contributed by atoms with Crippen molar-refractivity contribution in [1.82, 2.24) is 5.48 Å². The van der Waals surface area contributed by atoms with Gasteiger partial charge in [0.25, 0.3) is 15.9 Å². The maximum Gasteiger partial charge on any atom is 0.342 e. The van der Waals surface area contributed by atoms with Crippen molar-refractivity contribution in [3.05, 3.63) is 40.8 Å². The van der Waals surface area contributed by atoms with Crippen LogP contribution >= 0.6 is 11.3 Å². The second kappa shape index (κ2) is 7.72. The Bertz CT molecular complexity index is 920. The number of hydroxylamine groups is 1. The lowest BCUT2D eigenvalue weighted by molar-refractivity contribution is 0.0597. The molecule has 9 nitrogen and oxygen atoms in total. The number of anilines is 1. The zero-order valence-corrected chi connectivity index (χ0v) is 15.7. The average Bonchev–Trinajstić information content (AvgIpc) is 3.11. The Morgan fingerprint density at radius 2 is 1.81 bits per heavy atom. The molecule has 0 fully saturated rings. The van der Waals surface area contributed by atoms with Gasteiger partial charge in [-0.25, -0.2) is 18.7 Å². The highest BCUT2D eigenvalue weighted by molar-refractivity contribution is 7.94. The number of nitrogens with one attached hydrogen (secondary N) is 1. The Kier molecular flexibility index (Phi) is 5.85. The quantitative estimate of drug-likeness (QED) is 0.428. The summed E-state index contributed by atoms with van der Waals surface area (Å²) in [5, 5.41) is 9.96. The predicted molar refractivity (Wildman–Crippen MR) is 93.5 cm³/mol. The van der Waals surface area contributed by atoms with Crippen molar-refractivity contribution in [3.8, 4) is 5.75 Å². The van der Waals surface area contributed by atoms with E-state index in [1.54, 1.807) is 0 Å². The lowest BCUT2D eigenvalue weighted by atomic mass is 10.2. The number of hydrogen-bond acceptors (Lipinski definition) is 8. The van der Waals surface area contributed by atoms with Gasteiger partial charge >= 0.3 is 5.97 Å². The van der Waals surface area contributed by atoms with Gasteiger partial charge in [0.15, 0.2) is 9.96 Å². The molecule has 0 aliphatic rings. The maximum absolute atomic E-state index is 12.9. The summed E-state index contributed by atoms with van der Waals surface area (Å²) in [6, 6.07) is 5.53. The number of hydrogen-bond donors (Lipinski definition) is 2. The van der Waals surface area contributed by atoms with Crippen LogP contribution in [0.4, 0.5) is 5.69 Å². The van der Waals surface area contributed by atoms with Gasteiger partial charge in [0, 0.05) is 18.0 Å². The fraction of sp³-hybridized carbons (Fsp3) is 0.200. The van der Waals surface area contributed by atoms with E-state index in [9.17, 15) is 18.0 Å². The van der Waals surface area contributed by atoms with Gasteiger partial charge < -0.3 is 9.47 Å². The molecule has 2 N–H and O–H groups in total. The van der Waals surface area contributed by atoms with Crippen molar-refractivity contribution in [3.63, 3.8) is 0 Å². The molecule has 0 saturated carbocycles. The molecule has 0 spiro atoms. The molecular formula is C15H16N2O7S2. The number of ether oxygens (including phenoxy) is 2. The first-order valence-corrected chi connectivity index (χ1v) is 9.37. The number of sulfonamides is 1. The number of rotatable bonds is 6. The molecule has 0 aliphatic carbocycles. The summed E-state index contributed by atoms with van der Waals surface area (Å²) in [4.78, 5) is 23.1. The molecule has 0 bridgehead atoms. The molecule has 0 atom stereocenters. The standard InChI is InChI=1S/C15H16N2O7S2/c1-17(10-6-4-9(5-7-10)13(18)16-20)26(21,22)15-12(23-2)11(8-25-15)14(19)24-3/h4-8,20H,1-3H3,(H,16,18). The topological polar surface area (TPSA) is 122 Å². The Morgan fingerprint density at radius 3 is 2.31 bits per heavy atom. The van der Waals surface area contributed by atoms with Crippen molar-refractivity contribution in [1.29, 1.82) is 0 Å². The van der Waals surface area contributed by atoms with Gasteiger partial charge in [-0.2, -0.15) is 0 Å². The highest BCUT2D eigenvalue weighted by atomic mass is 32.2. The number of amides is 1. The highest BCUT2D eigenvalue weighted by Gasteiger charge is 2.31. The SMILES string of the molecule is COC(=O)c1csc(S(=O)(=O)N(C)c2ccc(C(=O)NO)cc2)c1OC. The van der Waals surface area contributed by atoms with Gasteiger partial charge in [-0.3, -0.25) is 14.3 Å². The minimum Gasteiger partial charge on any atom is -0.493 e. The third-order valence-electron chi connectivity index (χ3n) is 3.51. The van der Waals surface area contributed by atoms with E-state index in [-0.39, 0.29) is 26.8 Å². The van der Waals surface area contributed by atoms with E-state index >= 15 is 0 Å². The number of methoxy groups -OCH3 is 2. The maximum atomic E-state index is 12.9. The van der Waals surface area contributed by atoms with E-state index in [1.165, 1.54) is 56.4 Å². The summed E-state index contributed by atoms with van der Waals surface area (Å²) >= 11 is 0.833. The van der Waals surface area contributed by atoms with Gasteiger partial charge in [0.05, 0.1) is 19.9 Å². The van der Waals surface area contributed by atoms with Crippen molar-refractivity contribution >= 4 is 38.9 Å². The van der Waals surface area contributed by atoms with Crippen LogP contribution in [0.15, 0.2) is 33.9 Å². The van der Waals surface area contributed by atoms with Crippen molar-refractivity contribution < 1.29 is 32.7 Å². The molecule has 0 aliphatic heterocycles.